The monoisotopic (exact) mass is 482 g/mol. The largest absolute Gasteiger partial charge is 0.493 e. The first-order valence-electron chi connectivity index (χ1n) is 12.2. The average molecular weight is 483 g/mol. The molecule has 2 aromatic rings. The molecule has 4 rings (SSSR count). The number of hydrogen-bond donors (Lipinski definition) is 0. The van der Waals surface area contributed by atoms with Crippen LogP contribution in [-0.2, 0) is 20.9 Å². The molecule has 1 fully saturated rings. The van der Waals surface area contributed by atoms with Gasteiger partial charge in [-0.1, -0.05) is 25.0 Å². The molecule has 7 heteroatoms. The van der Waals surface area contributed by atoms with Crippen LogP contribution in [-0.4, -0.2) is 38.9 Å². The van der Waals surface area contributed by atoms with E-state index in [0.29, 0.717) is 22.8 Å². The predicted molar refractivity (Wildman–Crippen MR) is 131 cm³/mol. The Bertz CT molecular complexity index is 1080. The lowest BCUT2D eigenvalue weighted by molar-refractivity contribution is -0.161. The van der Waals surface area contributed by atoms with Crippen molar-refractivity contribution in [2.24, 2.45) is 5.41 Å². The molecule has 0 bridgehead atoms. The number of hydrogen-bond acceptors (Lipinski definition) is 7. The van der Waals surface area contributed by atoms with E-state index in [1.807, 2.05) is 32.0 Å². The lowest BCUT2D eigenvalue weighted by Gasteiger charge is -2.27. The fraction of sp³-hybridized carbons (Fsp3) is 0.500. The average Bonchev–Trinajstić information content (AvgIpc) is 3.06. The van der Waals surface area contributed by atoms with E-state index in [-0.39, 0.29) is 31.3 Å². The van der Waals surface area contributed by atoms with Gasteiger partial charge in [0.05, 0.1) is 25.2 Å². The highest BCUT2D eigenvalue weighted by molar-refractivity contribution is 5.96. The number of carbonyl (C=O) groups is 2. The van der Waals surface area contributed by atoms with Crippen LogP contribution in [0.2, 0.25) is 0 Å². The molecule has 1 aliphatic heterocycles. The highest BCUT2D eigenvalue weighted by atomic mass is 16.6. The molecule has 1 heterocycles. The normalized spacial score (nSPS) is 16.2. The standard InChI is InChI=1S/C28H34O7/c1-28(2,27(30)35-18-10-7-5-6-8-11-18)17-34-24-20(14-15-23(31-3)25(24)32-4)19-12-9-13-21-22(19)16-33-26(21)29/h9,12-15,18H,5-8,10-11,16-17H2,1-4H3. The minimum Gasteiger partial charge on any atom is -0.493 e. The number of ether oxygens (including phenoxy) is 5. The Kier molecular flexibility index (Phi) is 7.53. The van der Waals surface area contributed by atoms with Crippen LogP contribution >= 0.6 is 0 Å². The molecule has 35 heavy (non-hydrogen) atoms. The molecule has 0 spiro atoms. The van der Waals surface area contributed by atoms with Crippen LogP contribution < -0.4 is 14.2 Å². The minimum atomic E-state index is -0.880. The van der Waals surface area contributed by atoms with Gasteiger partial charge in [0.1, 0.15) is 19.3 Å². The van der Waals surface area contributed by atoms with Gasteiger partial charge in [0, 0.05) is 11.1 Å². The second kappa shape index (κ2) is 10.6. The fourth-order valence-corrected chi connectivity index (χ4v) is 4.64. The Labute approximate surface area is 206 Å². The van der Waals surface area contributed by atoms with Crippen LogP contribution in [0.1, 0.15) is 68.3 Å². The summed E-state index contributed by atoms with van der Waals surface area (Å²) in [5, 5.41) is 0. The Balaban J connectivity index is 1.62. The van der Waals surface area contributed by atoms with Crippen molar-refractivity contribution in [2.45, 2.75) is 65.1 Å². The molecule has 1 aliphatic carbocycles. The van der Waals surface area contributed by atoms with Gasteiger partial charge in [0.15, 0.2) is 11.5 Å². The molecule has 0 N–H and O–H groups in total. The van der Waals surface area contributed by atoms with Gasteiger partial charge in [-0.15, -0.1) is 0 Å². The fourth-order valence-electron chi connectivity index (χ4n) is 4.64. The summed E-state index contributed by atoms with van der Waals surface area (Å²) in [6.45, 7) is 3.92. The highest BCUT2D eigenvalue weighted by Gasteiger charge is 2.34. The van der Waals surface area contributed by atoms with E-state index in [9.17, 15) is 9.59 Å². The van der Waals surface area contributed by atoms with Crippen molar-refractivity contribution in [2.75, 3.05) is 20.8 Å². The molecule has 0 unspecified atom stereocenters. The quantitative estimate of drug-likeness (QED) is 0.352. The topological polar surface area (TPSA) is 80.3 Å². The Morgan fingerprint density at radius 2 is 1.66 bits per heavy atom. The smallest absolute Gasteiger partial charge is 0.338 e. The summed E-state index contributed by atoms with van der Waals surface area (Å²) in [4.78, 5) is 25.2. The summed E-state index contributed by atoms with van der Waals surface area (Å²) in [6.07, 6.45) is 6.36. The summed E-state index contributed by atoms with van der Waals surface area (Å²) < 4.78 is 28.6. The maximum atomic E-state index is 13.1. The molecule has 0 amide bonds. The molecule has 0 saturated heterocycles. The van der Waals surface area contributed by atoms with Crippen LogP contribution in [0.4, 0.5) is 0 Å². The third-order valence-corrected chi connectivity index (χ3v) is 6.74. The van der Waals surface area contributed by atoms with Crippen molar-refractivity contribution in [3.8, 4) is 28.4 Å². The molecule has 1 saturated carbocycles. The van der Waals surface area contributed by atoms with E-state index in [1.54, 1.807) is 26.4 Å². The lowest BCUT2D eigenvalue weighted by atomic mass is 9.94. The third kappa shape index (κ3) is 5.24. The first-order chi connectivity index (χ1) is 16.9. The molecule has 0 atom stereocenters. The van der Waals surface area contributed by atoms with Gasteiger partial charge in [0.25, 0.3) is 0 Å². The van der Waals surface area contributed by atoms with Crippen molar-refractivity contribution in [3.63, 3.8) is 0 Å². The first kappa shape index (κ1) is 24.9. The van der Waals surface area contributed by atoms with Gasteiger partial charge in [-0.25, -0.2) is 4.79 Å². The van der Waals surface area contributed by atoms with E-state index in [0.717, 1.165) is 42.4 Å². The van der Waals surface area contributed by atoms with Gasteiger partial charge in [-0.3, -0.25) is 4.79 Å². The van der Waals surface area contributed by atoms with E-state index in [2.05, 4.69) is 0 Å². The van der Waals surface area contributed by atoms with Crippen molar-refractivity contribution < 1.29 is 33.3 Å². The van der Waals surface area contributed by atoms with E-state index in [1.165, 1.54) is 12.8 Å². The number of methoxy groups -OCH3 is 2. The molecule has 2 aromatic carbocycles. The summed E-state index contributed by atoms with van der Waals surface area (Å²) in [6, 6.07) is 9.15. The molecule has 0 aromatic heterocycles. The zero-order valence-electron chi connectivity index (χ0n) is 21.0. The zero-order valence-corrected chi connectivity index (χ0v) is 21.0. The predicted octanol–water partition coefficient (Wildman–Crippen LogP) is 5.71. The molecule has 7 nitrogen and oxygen atoms in total. The van der Waals surface area contributed by atoms with Crippen LogP contribution in [0, 0.1) is 5.41 Å². The van der Waals surface area contributed by atoms with Gasteiger partial charge in [-0.05, 0) is 63.3 Å². The second-order valence-corrected chi connectivity index (χ2v) is 9.78. The van der Waals surface area contributed by atoms with Gasteiger partial charge >= 0.3 is 11.9 Å². The van der Waals surface area contributed by atoms with E-state index >= 15 is 0 Å². The Morgan fingerprint density at radius 3 is 2.34 bits per heavy atom. The first-order valence-corrected chi connectivity index (χ1v) is 12.2. The van der Waals surface area contributed by atoms with Crippen molar-refractivity contribution in [1.29, 1.82) is 0 Å². The van der Waals surface area contributed by atoms with Gasteiger partial charge < -0.3 is 23.7 Å². The van der Waals surface area contributed by atoms with Crippen LogP contribution in [0.5, 0.6) is 17.2 Å². The maximum absolute atomic E-state index is 13.1. The molecular formula is C28H34O7. The highest BCUT2D eigenvalue weighted by Crippen LogP contribution is 2.47. The van der Waals surface area contributed by atoms with Crippen LogP contribution in [0.15, 0.2) is 30.3 Å². The number of benzene rings is 2. The number of rotatable bonds is 8. The molecule has 0 radical (unpaired) electrons. The Morgan fingerprint density at radius 1 is 0.943 bits per heavy atom. The third-order valence-electron chi connectivity index (χ3n) is 6.74. The second-order valence-electron chi connectivity index (χ2n) is 9.78. The number of esters is 2. The maximum Gasteiger partial charge on any atom is 0.338 e. The molecule has 2 aliphatic rings. The van der Waals surface area contributed by atoms with Gasteiger partial charge in [0.2, 0.25) is 5.75 Å². The summed E-state index contributed by atoms with van der Waals surface area (Å²) in [7, 11) is 3.10. The van der Waals surface area contributed by atoms with E-state index < -0.39 is 5.41 Å². The van der Waals surface area contributed by atoms with Crippen molar-refractivity contribution in [3.05, 3.63) is 41.5 Å². The van der Waals surface area contributed by atoms with Crippen molar-refractivity contribution >= 4 is 11.9 Å². The van der Waals surface area contributed by atoms with Crippen molar-refractivity contribution in [1.82, 2.24) is 0 Å². The van der Waals surface area contributed by atoms with Crippen LogP contribution in [0.25, 0.3) is 11.1 Å². The zero-order chi connectivity index (χ0) is 25.0. The minimum absolute atomic E-state index is 0.0318. The summed E-state index contributed by atoms with van der Waals surface area (Å²) >= 11 is 0. The Hall–Kier alpha value is -3.22. The number of cyclic esters (lactones) is 1. The lowest BCUT2D eigenvalue weighted by Crippen LogP contribution is -2.35. The summed E-state index contributed by atoms with van der Waals surface area (Å²) in [5.74, 6) is 0.750. The molecular weight excluding hydrogens is 448 g/mol. The van der Waals surface area contributed by atoms with Crippen LogP contribution in [0.3, 0.4) is 0 Å². The number of fused-ring (bicyclic) bond motifs is 1. The van der Waals surface area contributed by atoms with Gasteiger partial charge in [-0.2, -0.15) is 0 Å². The SMILES string of the molecule is COc1ccc(-c2cccc3c2COC3=O)c(OCC(C)(C)C(=O)OC2CCCCCC2)c1OC. The molecule has 188 valence electrons. The van der Waals surface area contributed by atoms with E-state index in [4.69, 9.17) is 23.7 Å². The summed E-state index contributed by atoms with van der Waals surface area (Å²) in [5.41, 5.74) is 1.99. The number of carbonyl (C=O) groups excluding carboxylic acids is 2.